The second kappa shape index (κ2) is 6.07. The van der Waals surface area contributed by atoms with Gasteiger partial charge in [-0.15, -0.1) is 0 Å². The van der Waals surface area contributed by atoms with Crippen LogP contribution >= 0.6 is 23.2 Å². The molecule has 1 aromatic heterocycles. The maximum atomic E-state index is 12.2. The molecule has 6 heteroatoms. The number of pyridine rings is 1. The highest BCUT2D eigenvalue weighted by Crippen LogP contribution is 2.27. The molecular formula is C13H17Cl2N3O. The van der Waals surface area contributed by atoms with E-state index < -0.39 is 0 Å². The summed E-state index contributed by atoms with van der Waals surface area (Å²) in [5.74, 6) is 0.484. The molecule has 2 atom stereocenters. The molecule has 0 saturated carbocycles. The summed E-state index contributed by atoms with van der Waals surface area (Å²) >= 11 is 11.8. The summed E-state index contributed by atoms with van der Waals surface area (Å²) in [5.41, 5.74) is 1.35. The standard InChI is InChI=1S/C13H17Cl2N3O/c1-7-3-4-16-9(5-7)13(19)18-11-8(2)6-10(14)17-12(11)15/h6-7,9,16H,3-5H2,1-2H3,(H,18,19). The summed E-state index contributed by atoms with van der Waals surface area (Å²) in [7, 11) is 0. The number of carbonyl (C=O) groups excluding carboxylic acids is 1. The molecule has 0 radical (unpaired) electrons. The molecule has 0 aromatic carbocycles. The molecule has 104 valence electrons. The van der Waals surface area contributed by atoms with Gasteiger partial charge in [0.05, 0.1) is 11.7 Å². The second-order valence-corrected chi connectivity index (χ2v) is 5.80. The van der Waals surface area contributed by atoms with Crippen LogP contribution in [0.15, 0.2) is 6.07 Å². The summed E-state index contributed by atoms with van der Waals surface area (Å²) in [6, 6.07) is 1.51. The van der Waals surface area contributed by atoms with Gasteiger partial charge in [-0.3, -0.25) is 4.79 Å². The summed E-state index contributed by atoms with van der Waals surface area (Å²) in [4.78, 5) is 16.2. The minimum atomic E-state index is -0.171. The highest BCUT2D eigenvalue weighted by Gasteiger charge is 2.25. The number of carbonyl (C=O) groups is 1. The average Bonchev–Trinajstić information content (AvgIpc) is 2.33. The van der Waals surface area contributed by atoms with Gasteiger partial charge in [-0.05, 0) is 43.9 Å². The first kappa shape index (κ1) is 14.6. The number of aromatic nitrogens is 1. The number of piperidine rings is 1. The first-order valence-corrected chi connectivity index (χ1v) is 7.10. The van der Waals surface area contributed by atoms with Crippen LogP contribution in [0.3, 0.4) is 0 Å². The zero-order chi connectivity index (χ0) is 14.0. The van der Waals surface area contributed by atoms with Crippen LogP contribution in [0.4, 0.5) is 5.69 Å². The van der Waals surface area contributed by atoms with E-state index in [1.807, 2.05) is 6.92 Å². The maximum Gasteiger partial charge on any atom is 0.241 e. The van der Waals surface area contributed by atoms with Gasteiger partial charge in [0.1, 0.15) is 5.15 Å². The lowest BCUT2D eigenvalue weighted by atomic mass is 9.94. The van der Waals surface area contributed by atoms with Crippen LogP contribution < -0.4 is 10.6 Å². The monoisotopic (exact) mass is 301 g/mol. The van der Waals surface area contributed by atoms with Crippen molar-refractivity contribution in [3.05, 3.63) is 21.9 Å². The summed E-state index contributed by atoms with van der Waals surface area (Å²) < 4.78 is 0. The Morgan fingerprint density at radius 1 is 1.53 bits per heavy atom. The van der Waals surface area contributed by atoms with Crippen LogP contribution in [-0.2, 0) is 4.79 Å². The number of nitrogens with zero attached hydrogens (tertiary/aromatic N) is 1. The summed E-state index contributed by atoms with van der Waals surface area (Å²) in [5, 5.41) is 6.61. The van der Waals surface area contributed by atoms with E-state index in [1.54, 1.807) is 6.07 Å². The number of nitrogens with one attached hydrogen (secondary N) is 2. The molecule has 2 N–H and O–H groups in total. The fraction of sp³-hybridized carbons (Fsp3) is 0.538. The Hall–Kier alpha value is -0.840. The van der Waals surface area contributed by atoms with E-state index in [0.29, 0.717) is 16.8 Å². The molecule has 1 saturated heterocycles. The van der Waals surface area contributed by atoms with Crippen LogP contribution in [-0.4, -0.2) is 23.5 Å². The third-order valence-corrected chi connectivity index (χ3v) is 3.84. The Labute approximate surface area is 122 Å². The normalized spacial score (nSPS) is 23.2. The van der Waals surface area contributed by atoms with Gasteiger partial charge in [-0.1, -0.05) is 30.1 Å². The minimum absolute atomic E-state index is 0.0688. The minimum Gasteiger partial charge on any atom is -0.322 e. The first-order chi connectivity index (χ1) is 8.97. The number of amides is 1. The van der Waals surface area contributed by atoms with Gasteiger partial charge in [0.15, 0.2) is 5.15 Å². The topological polar surface area (TPSA) is 54.0 Å². The van der Waals surface area contributed by atoms with Crippen LogP contribution in [0.5, 0.6) is 0 Å². The second-order valence-electron chi connectivity index (χ2n) is 5.05. The van der Waals surface area contributed by atoms with Crippen molar-refractivity contribution in [2.75, 3.05) is 11.9 Å². The Bertz CT molecular complexity index is 470. The van der Waals surface area contributed by atoms with Crippen molar-refractivity contribution in [1.29, 1.82) is 0 Å². The van der Waals surface area contributed by atoms with E-state index >= 15 is 0 Å². The van der Waals surface area contributed by atoms with Crippen LogP contribution in [0.1, 0.15) is 25.3 Å². The molecule has 2 rings (SSSR count). The Morgan fingerprint density at radius 3 is 2.89 bits per heavy atom. The molecular weight excluding hydrogens is 285 g/mol. The number of halogens is 2. The predicted molar refractivity (Wildman–Crippen MR) is 77.8 cm³/mol. The molecule has 1 aliphatic heterocycles. The van der Waals surface area contributed by atoms with E-state index in [-0.39, 0.29) is 17.1 Å². The molecule has 4 nitrogen and oxygen atoms in total. The van der Waals surface area contributed by atoms with E-state index in [1.165, 1.54) is 0 Å². The predicted octanol–water partition coefficient (Wildman–Crippen LogP) is 3.02. The molecule has 0 aliphatic carbocycles. The third kappa shape index (κ3) is 3.59. The van der Waals surface area contributed by atoms with Crippen molar-refractivity contribution >= 4 is 34.8 Å². The number of anilines is 1. The molecule has 19 heavy (non-hydrogen) atoms. The number of hydrogen-bond acceptors (Lipinski definition) is 3. The maximum absolute atomic E-state index is 12.2. The van der Waals surface area contributed by atoms with E-state index in [4.69, 9.17) is 23.2 Å². The van der Waals surface area contributed by atoms with Crippen molar-refractivity contribution in [2.24, 2.45) is 5.92 Å². The fourth-order valence-electron chi connectivity index (χ4n) is 2.26. The lowest BCUT2D eigenvalue weighted by Crippen LogP contribution is -2.45. The van der Waals surface area contributed by atoms with E-state index in [2.05, 4.69) is 22.5 Å². The van der Waals surface area contributed by atoms with Crippen molar-refractivity contribution in [2.45, 2.75) is 32.7 Å². The van der Waals surface area contributed by atoms with Gasteiger partial charge >= 0.3 is 0 Å². The van der Waals surface area contributed by atoms with Crippen molar-refractivity contribution < 1.29 is 4.79 Å². The molecule has 0 spiro atoms. The van der Waals surface area contributed by atoms with E-state index in [0.717, 1.165) is 24.9 Å². The quantitative estimate of drug-likeness (QED) is 0.826. The molecule has 1 aromatic rings. The molecule has 2 unspecified atom stereocenters. The van der Waals surface area contributed by atoms with Crippen molar-refractivity contribution in [1.82, 2.24) is 10.3 Å². The van der Waals surface area contributed by atoms with Crippen molar-refractivity contribution in [3.8, 4) is 0 Å². The van der Waals surface area contributed by atoms with Gasteiger partial charge < -0.3 is 10.6 Å². The van der Waals surface area contributed by atoms with Crippen LogP contribution in [0.25, 0.3) is 0 Å². The van der Waals surface area contributed by atoms with Crippen LogP contribution in [0, 0.1) is 12.8 Å². The average molecular weight is 302 g/mol. The Balaban J connectivity index is 2.10. The van der Waals surface area contributed by atoms with Crippen LogP contribution in [0.2, 0.25) is 10.3 Å². The molecule has 1 aliphatic rings. The highest BCUT2D eigenvalue weighted by atomic mass is 35.5. The highest BCUT2D eigenvalue weighted by molar-refractivity contribution is 6.34. The molecule has 2 heterocycles. The Kier molecular flexibility index (Phi) is 4.66. The SMILES string of the molecule is Cc1cc(Cl)nc(Cl)c1NC(=O)C1CC(C)CCN1. The third-order valence-electron chi connectivity index (χ3n) is 3.37. The number of rotatable bonds is 2. The zero-order valence-electron chi connectivity index (χ0n) is 11.0. The largest absolute Gasteiger partial charge is 0.322 e. The summed E-state index contributed by atoms with van der Waals surface area (Å²) in [6.45, 7) is 4.86. The summed E-state index contributed by atoms with van der Waals surface area (Å²) in [6.07, 6.45) is 1.94. The van der Waals surface area contributed by atoms with Gasteiger partial charge in [-0.25, -0.2) is 4.98 Å². The molecule has 1 fully saturated rings. The first-order valence-electron chi connectivity index (χ1n) is 6.34. The van der Waals surface area contributed by atoms with Crippen molar-refractivity contribution in [3.63, 3.8) is 0 Å². The zero-order valence-corrected chi connectivity index (χ0v) is 12.5. The lowest BCUT2D eigenvalue weighted by molar-refractivity contribution is -0.119. The van der Waals surface area contributed by atoms with Gasteiger partial charge in [-0.2, -0.15) is 0 Å². The lowest BCUT2D eigenvalue weighted by Gasteiger charge is -2.27. The number of aryl methyl sites for hydroxylation is 1. The van der Waals surface area contributed by atoms with E-state index in [9.17, 15) is 4.79 Å². The smallest absolute Gasteiger partial charge is 0.241 e. The fourth-order valence-corrected chi connectivity index (χ4v) is 2.84. The Morgan fingerprint density at radius 2 is 2.26 bits per heavy atom. The van der Waals surface area contributed by atoms with Gasteiger partial charge in [0.25, 0.3) is 0 Å². The van der Waals surface area contributed by atoms with Gasteiger partial charge in [0.2, 0.25) is 5.91 Å². The molecule has 1 amide bonds. The van der Waals surface area contributed by atoms with Gasteiger partial charge in [0, 0.05) is 0 Å². The number of hydrogen-bond donors (Lipinski definition) is 2. The molecule has 0 bridgehead atoms.